The lowest BCUT2D eigenvalue weighted by Gasteiger charge is -2.28. The molecule has 2 heteroatoms. The number of nitrogens with two attached hydrogens (primary N) is 1. The van der Waals surface area contributed by atoms with Gasteiger partial charge in [0, 0.05) is 11.8 Å². The van der Waals surface area contributed by atoms with Crippen LogP contribution in [0.3, 0.4) is 0 Å². The first kappa shape index (κ1) is 11.3. The van der Waals surface area contributed by atoms with Crippen molar-refractivity contribution in [2.24, 2.45) is 0 Å². The molecule has 2 nitrogen and oxygen atoms in total. The molecule has 1 saturated carbocycles. The monoisotopic (exact) mass is 238 g/mol. The lowest BCUT2D eigenvalue weighted by atomic mass is 9.77. The van der Waals surface area contributed by atoms with Gasteiger partial charge in [0.25, 0.3) is 0 Å². The van der Waals surface area contributed by atoms with E-state index < -0.39 is 0 Å². The molecule has 1 heterocycles. The molecule has 0 atom stereocenters. The first-order chi connectivity index (χ1) is 8.75. The average Bonchev–Trinajstić information content (AvgIpc) is 2.31. The zero-order valence-electron chi connectivity index (χ0n) is 10.7. The van der Waals surface area contributed by atoms with E-state index in [0.717, 1.165) is 11.1 Å². The summed E-state index contributed by atoms with van der Waals surface area (Å²) in [5.41, 5.74) is 11.0. The predicted octanol–water partition coefficient (Wildman–Crippen LogP) is 3.91. The molecular formula is C16H18N2. The Kier molecular flexibility index (Phi) is 2.78. The smallest absolute Gasteiger partial charge is 0.131 e. The molecule has 0 amide bonds. The normalized spacial score (nSPS) is 15.4. The lowest BCUT2D eigenvalue weighted by molar-refractivity contribution is 0.420. The van der Waals surface area contributed by atoms with Crippen molar-refractivity contribution < 1.29 is 0 Å². The molecule has 18 heavy (non-hydrogen) atoms. The zero-order valence-corrected chi connectivity index (χ0v) is 10.7. The second-order valence-electron chi connectivity index (χ2n) is 5.16. The third kappa shape index (κ3) is 1.88. The Balaban J connectivity index is 2.13. The first-order valence-electron chi connectivity index (χ1n) is 6.57. The predicted molar refractivity (Wildman–Crippen MR) is 75.4 cm³/mol. The third-order valence-corrected chi connectivity index (χ3v) is 3.85. The van der Waals surface area contributed by atoms with Crippen molar-refractivity contribution in [3.05, 3.63) is 47.7 Å². The Morgan fingerprint density at radius 1 is 1.17 bits per heavy atom. The van der Waals surface area contributed by atoms with Crippen LogP contribution in [0.15, 0.2) is 36.5 Å². The van der Waals surface area contributed by atoms with Gasteiger partial charge in [-0.15, -0.1) is 0 Å². The van der Waals surface area contributed by atoms with Gasteiger partial charge in [0.2, 0.25) is 0 Å². The van der Waals surface area contributed by atoms with E-state index in [-0.39, 0.29) is 0 Å². The summed E-state index contributed by atoms with van der Waals surface area (Å²) in [5.74, 6) is 1.34. The number of hydrogen-bond acceptors (Lipinski definition) is 2. The number of rotatable bonds is 2. The van der Waals surface area contributed by atoms with E-state index in [1.165, 1.54) is 30.4 Å². The summed E-state index contributed by atoms with van der Waals surface area (Å²) >= 11 is 0. The molecule has 0 saturated heterocycles. The van der Waals surface area contributed by atoms with Gasteiger partial charge in [-0.05, 0) is 48.4 Å². The van der Waals surface area contributed by atoms with Gasteiger partial charge >= 0.3 is 0 Å². The Hall–Kier alpha value is -1.83. The molecule has 2 aromatic rings. The van der Waals surface area contributed by atoms with Gasteiger partial charge in [0.15, 0.2) is 0 Å². The van der Waals surface area contributed by atoms with Crippen molar-refractivity contribution in [1.29, 1.82) is 0 Å². The Bertz CT molecular complexity index is 571. The second kappa shape index (κ2) is 4.45. The van der Waals surface area contributed by atoms with E-state index >= 15 is 0 Å². The summed E-state index contributed by atoms with van der Waals surface area (Å²) in [5, 5.41) is 0. The minimum Gasteiger partial charge on any atom is -0.383 e. The van der Waals surface area contributed by atoms with Crippen LogP contribution in [0.5, 0.6) is 0 Å². The zero-order chi connectivity index (χ0) is 12.5. The van der Waals surface area contributed by atoms with E-state index in [9.17, 15) is 0 Å². The number of nitrogens with zero attached hydrogens (tertiary/aromatic N) is 1. The number of hydrogen-bond donors (Lipinski definition) is 1. The van der Waals surface area contributed by atoms with Crippen LogP contribution in [-0.4, -0.2) is 4.98 Å². The Morgan fingerprint density at radius 3 is 2.67 bits per heavy atom. The fourth-order valence-corrected chi connectivity index (χ4v) is 2.61. The van der Waals surface area contributed by atoms with E-state index in [4.69, 9.17) is 5.73 Å². The summed E-state index contributed by atoms with van der Waals surface area (Å²) in [4.78, 5) is 4.28. The van der Waals surface area contributed by atoms with Crippen molar-refractivity contribution in [3.8, 4) is 11.1 Å². The van der Waals surface area contributed by atoms with Crippen LogP contribution in [0.1, 0.15) is 36.3 Å². The van der Waals surface area contributed by atoms with Gasteiger partial charge in [-0.25, -0.2) is 4.98 Å². The summed E-state index contributed by atoms with van der Waals surface area (Å²) in [7, 11) is 0. The van der Waals surface area contributed by atoms with Crippen molar-refractivity contribution in [1.82, 2.24) is 4.98 Å². The Morgan fingerprint density at radius 2 is 1.94 bits per heavy atom. The standard InChI is InChI=1S/C16H18N2/c1-11-9-15(16(17)18-10-11)14-8-3-2-7-13(14)12-5-4-6-12/h2-3,7-10,12H,4-6H2,1H3,(H2,17,18). The molecule has 1 aromatic heterocycles. The molecule has 0 aliphatic heterocycles. The number of nitrogen functional groups attached to an aromatic ring is 1. The summed E-state index contributed by atoms with van der Waals surface area (Å²) in [6, 6.07) is 10.7. The van der Waals surface area contributed by atoms with E-state index in [0.29, 0.717) is 11.7 Å². The van der Waals surface area contributed by atoms with E-state index in [2.05, 4.69) is 42.2 Å². The maximum Gasteiger partial charge on any atom is 0.131 e. The molecule has 0 spiro atoms. The van der Waals surface area contributed by atoms with Crippen LogP contribution in [0.4, 0.5) is 5.82 Å². The van der Waals surface area contributed by atoms with Gasteiger partial charge in [0.1, 0.15) is 5.82 Å². The van der Waals surface area contributed by atoms with Gasteiger partial charge in [-0.1, -0.05) is 30.7 Å². The molecule has 0 unspecified atom stereocenters. The second-order valence-corrected chi connectivity index (χ2v) is 5.16. The molecule has 1 aliphatic carbocycles. The van der Waals surface area contributed by atoms with Crippen molar-refractivity contribution in [2.75, 3.05) is 5.73 Å². The van der Waals surface area contributed by atoms with Crippen molar-refractivity contribution >= 4 is 5.82 Å². The molecule has 3 rings (SSSR count). The molecule has 2 N–H and O–H groups in total. The number of aromatic nitrogens is 1. The minimum absolute atomic E-state index is 0.632. The van der Waals surface area contributed by atoms with Crippen LogP contribution in [0.25, 0.3) is 11.1 Å². The SMILES string of the molecule is Cc1cnc(N)c(-c2ccccc2C2CCC2)c1. The van der Waals surface area contributed by atoms with Gasteiger partial charge in [0.05, 0.1) is 0 Å². The molecule has 92 valence electrons. The van der Waals surface area contributed by atoms with Crippen LogP contribution in [-0.2, 0) is 0 Å². The van der Waals surface area contributed by atoms with Crippen molar-refractivity contribution in [3.63, 3.8) is 0 Å². The molecule has 1 aliphatic rings. The van der Waals surface area contributed by atoms with Crippen LogP contribution >= 0.6 is 0 Å². The Labute approximate surface area is 108 Å². The molecule has 1 fully saturated rings. The van der Waals surface area contributed by atoms with E-state index in [1.807, 2.05) is 6.20 Å². The highest BCUT2D eigenvalue weighted by Gasteiger charge is 2.22. The fourth-order valence-electron chi connectivity index (χ4n) is 2.61. The van der Waals surface area contributed by atoms with Crippen LogP contribution in [0.2, 0.25) is 0 Å². The van der Waals surface area contributed by atoms with Crippen LogP contribution in [0, 0.1) is 6.92 Å². The molecule has 0 radical (unpaired) electrons. The molecule has 1 aromatic carbocycles. The average molecular weight is 238 g/mol. The van der Waals surface area contributed by atoms with Crippen molar-refractivity contribution in [2.45, 2.75) is 32.1 Å². The summed E-state index contributed by atoms with van der Waals surface area (Å²) < 4.78 is 0. The molecular weight excluding hydrogens is 220 g/mol. The fraction of sp³-hybridized carbons (Fsp3) is 0.312. The number of aryl methyl sites for hydroxylation is 1. The quantitative estimate of drug-likeness (QED) is 0.861. The van der Waals surface area contributed by atoms with Gasteiger partial charge in [-0.3, -0.25) is 0 Å². The van der Waals surface area contributed by atoms with Gasteiger partial charge < -0.3 is 5.73 Å². The topological polar surface area (TPSA) is 38.9 Å². The number of anilines is 1. The number of pyridine rings is 1. The number of benzene rings is 1. The largest absolute Gasteiger partial charge is 0.383 e. The minimum atomic E-state index is 0.632. The maximum absolute atomic E-state index is 6.04. The summed E-state index contributed by atoms with van der Waals surface area (Å²) in [6.07, 6.45) is 5.78. The van der Waals surface area contributed by atoms with E-state index in [1.54, 1.807) is 0 Å². The highest BCUT2D eigenvalue weighted by atomic mass is 14.8. The summed E-state index contributed by atoms with van der Waals surface area (Å²) in [6.45, 7) is 2.06. The highest BCUT2D eigenvalue weighted by Crippen LogP contribution is 2.41. The van der Waals surface area contributed by atoms with Crippen LogP contribution < -0.4 is 5.73 Å². The maximum atomic E-state index is 6.04. The molecule has 0 bridgehead atoms. The first-order valence-corrected chi connectivity index (χ1v) is 6.57. The van der Waals surface area contributed by atoms with Gasteiger partial charge in [-0.2, -0.15) is 0 Å². The highest BCUT2D eigenvalue weighted by molar-refractivity contribution is 5.77. The lowest BCUT2D eigenvalue weighted by Crippen LogP contribution is -2.10. The third-order valence-electron chi connectivity index (χ3n) is 3.85.